The summed E-state index contributed by atoms with van der Waals surface area (Å²) in [6.45, 7) is 1.53. The molecule has 0 aliphatic carbocycles. The van der Waals surface area contributed by atoms with Crippen molar-refractivity contribution in [2.75, 3.05) is 6.61 Å². The summed E-state index contributed by atoms with van der Waals surface area (Å²) in [5, 5.41) is 9.05. The minimum atomic E-state index is -3.41. The van der Waals surface area contributed by atoms with Gasteiger partial charge in [0, 0.05) is 10.4 Å². The molecule has 0 saturated heterocycles. The highest BCUT2D eigenvalue weighted by molar-refractivity contribution is 9.10. The van der Waals surface area contributed by atoms with Gasteiger partial charge in [0.25, 0.3) is 0 Å². The van der Waals surface area contributed by atoms with Crippen molar-refractivity contribution in [2.45, 2.75) is 11.8 Å². The predicted molar refractivity (Wildman–Crippen MR) is 65.6 cm³/mol. The molecule has 0 radical (unpaired) electrons. The van der Waals surface area contributed by atoms with E-state index in [1.165, 1.54) is 0 Å². The Morgan fingerprint density at radius 2 is 2.12 bits per heavy atom. The second-order valence-electron chi connectivity index (χ2n) is 3.82. The Morgan fingerprint density at radius 3 is 2.75 bits per heavy atom. The molecule has 1 heterocycles. The van der Waals surface area contributed by atoms with Gasteiger partial charge in [-0.2, -0.15) is 0 Å². The maximum atomic E-state index is 12.1. The van der Waals surface area contributed by atoms with Crippen LogP contribution in [-0.2, 0) is 9.84 Å². The largest absolute Gasteiger partial charge is 0.396 e. The molecule has 16 heavy (non-hydrogen) atoms. The van der Waals surface area contributed by atoms with Crippen LogP contribution in [0.4, 0.5) is 0 Å². The molecule has 0 amide bonds. The van der Waals surface area contributed by atoms with Gasteiger partial charge in [0.05, 0.1) is 16.4 Å². The Bertz CT molecular complexity index is 561. The molecule has 5 heteroatoms. The second-order valence-corrected chi connectivity index (χ2v) is 6.65. The minimum absolute atomic E-state index is 0.166. The van der Waals surface area contributed by atoms with Crippen LogP contribution in [0.2, 0.25) is 0 Å². The molecule has 0 bridgehead atoms. The maximum Gasteiger partial charge on any atom is 0.203 e. The van der Waals surface area contributed by atoms with Crippen LogP contribution in [-0.4, -0.2) is 20.1 Å². The van der Waals surface area contributed by atoms with Crippen LogP contribution in [0.5, 0.6) is 0 Å². The quantitative estimate of drug-likeness (QED) is 0.911. The fraction of sp³-hybridized carbons (Fsp3) is 0.273. The zero-order valence-corrected chi connectivity index (χ0v) is 11.0. The van der Waals surface area contributed by atoms with Gasteiger partial charge in [-0.1, -0.05) is 28.9 Å². The van der Waals surface area contributed by atoms with Crippen LogP contribution in [0.3, 0.4) is 0 Å². The van der Waals surface area contributed by atoms with E-state index in [-0.39, 0.29) is 12.5 Å². The van der Waals surface area contributed by atoms with Gasteiger partial charge in [0.2, 0.25) is 9.84 Å². The third kappa shape index (κ3) is 1.73. The number of fused-ring (bicyclic) bond motifs is 1. The van der Waals surface area contributed by atoms with Crippen LogP contribution in [0.15, 0.2) is 32.5 Å². The maximum absolute atomic E-state index is 12.1. The lowest BCUT2D eigenvalue weighted by Crippen LogP contribution is -2.11. The summed E-state index contributed by atoms with van der Waals surface area (Å²) in [7, 11) is -3.41. The van der Waals surface area contributed by atoms with E-state index in [0.717, 1.165) is 4.47 Å². The molecule has 86 valence electrons. The van der Waals surface area contributed by atoms with Gasteiger partial charge in [0.15, 0.2) is 0 Å². The van der Waals surface area contributed by atoms with Gasteiger partial charge >= 0.3 is 0 Å². The Labute approximate surface area is 103 Å². The van der Waals surface area contributed by atoms with Crippen molar-refractivity contribution in [3.63, 3.8) is 0 Å². The van der Waals surface area contributed by atoms with Crippen LogP contribution in [0.25, 0.3) is 6.08 Å². The summed E-state index contributed by atoms with van der Waals surface area (Å²) in [5.74, 6) is -0.365. The molecule has 0 spiro atoms. The standard InChI is InChI=1S/C11H11BrO3S/c1-7(6-13)10-4-8-2-3-9(12)5-11(8)16(10,14)15/h2-5,7,13H,6H2,1H3. The summed E-state index contributed by atoms with van der Waals surface area (Å²) in [6.07, 6.45) is 1.64. The summed E-state index contributed by atoms with van der Waals surface area (Å²) < 4.78 is 25.0. The number of hydrogen-bond donors (Lipinski definition) is 1. The van der Waals surface area contributed by atoms with E-state index in [1.54, 1.807) is 31.2 Å². The number of halogens is 1. The highest BCUT2D eigenvalue weighted by atomic mass is 79.9. The molecule has 1 aliphatic heterocycles. The van der Waals surface area contributed by atoms with Gasteiger partial charge in [-0.25, -0.2) is 8.42 Å². The van der Waals surface area contributed by atoms with E-state index in [2.05, 4.69) is 15.9 Å². The topological polar surface area (TPSA) is 54.4 Å². The molecule has 0 aromatic heterocycles. The average molecular weight is 303 g/mol. The molecule has 1 aromatic rings. The van der Waals surface area contributed by atoms with Crippen molar-refractivity contribution in [3.8, 4) is 0 Å². The number of hydrogen-bond acceptors (Lipinski definition) is 3. The fourth-order valence-electron chi connectivity index (χ4n) is 1.72. The molecule has 1 unspecified atom stereocenters. The Balaban J connectivity index is 2.60. The number of aliphatic hydroxyl groups excluding tert-OH is 1. The predicted octanol–water partition coefficient (Wildman–Crippen LogP) is 2.21. The summed E-state index contributed by atoms with van der Waals surface area (Å²) in [6, 6.07) is 5.16. The first-order valence-electron chi connectivity index (χ1n) is 4.84. The number of aliphatic hydroxyl groups is 1. The normalized spacial score (nSPS) is 19.1. The third-order valence-corrected chi connectivity index (χ3v) is 5.20. The van der Waals surface area contributed by atoms with E-state index < -0.39 is 9.84 Å². The summed E-state index contributed by atoms with van der Waals surface area (Å²) in [4.78, 5) is 0.611. The monoisotopic (exact) mass is 302 g/mol. The van der Waals surface area contributed by atoms with Crippen molar-refractivity contribution in [3.05, 3.63) is 33.1 Å². The zero-order valence-electron chi connectivity index (χ0n) is 8.64. The van der Waals surface area contributed by atoms with E-state index >= 15 is 0 Å². The van der Waals surface area contributed by atoms with Gasteiger partial charge in [0.1, 0.15) is 0 Å². The smallest absolute Gasteiger partial charge is 0.203 e. The fourth-order valence-corrected chi connectivity index (χ4v) is 4.09. The van der Waals surface area contributed by atoms with Crippen molar-refractivity contribution >= 4 is 31.8 Å². The lowest BCUT2D eigenvalue weighted by Gasteiger charge is -2.09. The average Bonchev–Trinajstić information content (AvgIpc) is 2.50. The van der Waals surface area contributed by atoms with Crippen molar-refractivity contribution in [1.29, 1.82) is 0 Å². The molecular weight excluding hydrogens is 292 g/mol. The van der Waals surface area contributed by atoms with Gasteiger partial charge < -0.3 is 5.11 Å². The molecular formula is C11H11BrO3S. The van der Waals surface area contributed by atoms with Crippen LogP contribution in [0, 0.1) is 5.92 Å². The van der Waals surface area contributed by atoms with E-state index in [4.69, 9.17) is 5.11 Å². The molecule has 1 aromatic carbocycles. The lowest BCUT2D eigenvalue weighted by molar-refractivity contribution is 0.260. The lowest BCUT2D eigenvalue weighted by atomic mass is 10.1. The molecule has 1 aliphatic rings. The molecule has 0 fully saturated rings. The van der Waals surface area contributed by atoms with Crippen LogP contribution >= 0.6 is 15.9 Å². The summed E-state index contributed by atoms with van der Waals surface area (Å²) in [5.41, 5.74) is 0.693. The van der Waals surface area contributed by atoms with Gasteiger partial charge in [-0.05, 0) is 23.8 Å². The summed E-state index contributed by atoms with van der Waals surface area (Å²) >= 11 is 3.25. The first-order valence-corrected chi connectivity index (χ1v) is 7.11. The minimum Gasteiger partial charge on any atom is -0.396 e. The van der Waals surface area contributed by atoms with Gasteiger partial charge in [-0.3, -0.25) is 0 Å². The van der Waals surface area contributed by atoms with E-state index in [0.29, 0.717) is 15.4 Å². The number of benzene rings is 1. The highest BCUT2D eigenvalue weighted by Gasteiger charge is 2.32. The zero-order chi connectivity index (χ0) is 11.9. The molecule has 1 N–H and O–H groups in total. The first kappa shape index (κ1) is 11.8. The molecule has 2 rings (SSSR count). The third-order valence-electron chi connectivity index (χ3n) is 2.63. The number of sulfone groups is 1. The molecule has 3 nitrogen and oxygen atoms in total. The van der Waals surface area contributed by atoms with Crippen molar-refractivity contribution in [2.24, 2.45) is 5.92 Å². The first-order chi connectivity index (χ1) is 7.46. The van der Waals surface area contributed by atoms with Crippen LogP contribution < -0.4 is 0 Å². The molecule has 1 atom stereocenters. The van der Waals surface area contributed by atoms with Crippen molar-refractivity contribution < 1.29 is 13.5 Å². The van der Waals surface area contributed by atoms with E-state index in [9.17, 15) is 8.42 Å². The Morgan fingerprint density at radius 1 is 1.44 bits per heavy atom. The molecule has 0 saturated carbocycles. The van der Waals surface area contributed by atoms with Crippen molar-refractivity contribution in [1.82, 2.24) is 0 Å². The van der Waals surface area contributed by atoms with Gasteiger partial charge in [-0.15, -0.1) is 0 Å². The van der Waals surface area contributed by atoms with Crippen LogP contribution in [0.1, 0.15) is 12.5 Å². The SMILES string of the molecule is CC(CO)C1=Cc2ccc(Br)cc2S1(=O)=O. The Kier molecular flexibility index (Phi) is 2.94. The second kappa shape index (κ2) is 3.98. The van der Waals surface area contributed by atoms with E-state index in [1.807, 2.05) is 0 Å². The Hall–Kier alpha value is -0.650. The highest BCUT2D eigenvalue weighted by Crippen LogP contribution is 2.37. The number of rotatable bonds is 2.